The number of carbonyl (C=O) groups is 2. The molecule has 0 unspecified atom stereocenters. The zero-order valence-corrected chi connectivity index (χ0v) is 11.5. The molecule has 2 amide bonds. The second-order valence-corrected chi connectivity index (χ2v) is 4.98. The van der Waals surface area contributed by atoms with Gasteiger partial charge in [-0.25, -0.2) is 0 Å². The number of piperazine rings is 1. The first-order valence-corrected chi connectivity index (χ1v) is 6.88. The lowest BCUT2D eigenvalue weighted by atomic mass is 10.3. The highest BCUT2D eigenvalue weighted by Gasteiger charge is 2.29. The Bertz CT molecular complexity index is 387. The Morgan fingerprint density at radius 1 is 0.947 bits per heavy atom. The van der Waals surface area contributed by atoms with E-state index in [2.05, 4.69) is 21.6 Å². The van der Waals surface area contributed by atoms with Crippen LogP contribution in [0.4, 0.5) is 0 Å². The van der Waals surface area contributed by atoms with Gasteiger partial charge in [-0.1, -0.05) is 5.92 Å². The van der Waals surface area contributed by atoms with E-state index in [-0.39, 0.29) is 11.8 Å². The minimum atomic E-state index is -0.0122. The Hall–Kier alpha value is -1.38. The smallest absolute Gasteiger partial charge is 0.229 e. The quantitative estimate of drug-likeness (QED) is 0.519. The molecule has 2 aliphatic heterocycles. The average molecular weight is 263 g/mol. The van der Waals surface area contributed by atoms with Crippen LogP contribution in [-0.2, 0) is 9.59 Å². The van der Waals surface area contributed by atoms with Gasteiger partial charge in [-0.2, -0.15) is 0 Å². The van der Waals surface area contributed by atoms with Gasteiger partial charge in [-0.05, 0) is 6.92 Å². The lowest BCUT2D eigenvalue weighted by Crippen LogP contribution is -2.48. The number of hydrogen-bond acceptors (Lipinski definition) is 4. The molecule has 2 rings (SSSR count). The summed E-state index contributed by atoms with van der Waals surface area (Å²) < 4.78 is 0. The maximum Gasteiger partial charge on any atom is 0.229 e. The first kappa shape index (κ1) is 14.0. The summed E-state index contributed by atoms with van der Waals surface area (Å²) in [6.45, 7) is 8.04. The highest BCUT2D eigenvalue weighted by atomic mass is 16.2. The second kappa shape index (κ2) is 6.69. The predicted octanol–water partition coefficient (Wildman–Crippen LogP) is -0.224. The van der Waals surface area contributed by atoms with Crippen molar-refractivity contribution in [3.05, 3.63) is 0 Å². The van der Waals surface area contributed by atoms with E-state index in [1.165, 1.54) is 4.90 Å². The largest absolute Gasteiger partial charge is 0.299 e. The molecule has 0 aromatic rings. The van der Waals surface area contributed by atoms with Gasteiger partial charge >= 0.3 is 0 Å². The Morgan fingerprint density at radius 3 is 2.11 bits per heavy atom. The predicted molar refractivity (Wildman–Crippen MR) is 72.3 cm³/mol. The molecule has 5 heteroatoms. The van der Waals surface area contributed by atoms with Crippen LogP contribution in [0.2, 0.25) is 0 Å². The van der Waals surface area contributed by atoms with Crippen molar-refractivity contribution in [1.29, 1.82) is 0 Å². The van der Waals surface area contributed by atoms with Crippen molar-refractivity contribution >= 4 is 11.8 Å². The summed E-state index contributed by atoms with van der Waals surface area (Å²) in [7, 11) is 0. The van der Waals surface area contributed by atoms with Gasteiger partial charge < -0.3 is 0 Å². The number of hydrogen-bond donors (Lipinski definition) is 0. The normalized spacial score (nSPS) is 21.6. The van der Waals surface area contributed by atoms with Crippen molar-refractivity contribution in [2.45, 2.75) is 19.8 Å². The van der Waals surface area contributed by atoms with Crippen molar-refractivity contribution < 1.29 is 9.59 Å². The monoisotopic (exact) mass is 263 g/mol. The van der Waals surface area contributed by atoms with Gasteiger partial charge in [-0.3, -0.25) is 24.3 Å². The van der Waals surface area contributed by atoms with Crippen molar-refractivity contribution in [3.63, 3.8) is 0 Å². The lowest BCUT2D eigenvalue weighted by Gasteiger charge is -2.34. The second-order valence-electron chi connectivity index (χ2n) is 4.98. The van der Waals surface area contributed by atoms with Crippen LogP contribution in [0.1, 0.15) is 19.8 Å². The third-order valence-corrected chi connectivity index (χ3v) is 3.74. The molecule has 0 aromatic heterocycles. The van der Waals surface area contributed by atoms with Gasteiger partial charge in [0.1, 0.15) is 0 Å². The fraction of sp³-hybridized carbons (Fsp3) is 0.714. The zero-order valence-electron chi connectivity index (χ0n) is 11.5. The molecule has 19 heavy (non-hydrogen) atoms. The van der Waals surface area contributed by atoms with Crippen LogP contribution < -0.4 is 0 Å². The molecule has 2 fully saturated rings. The Labute approximate surface area is 114 Å². The maximum absolute atomic E-state index is 11.5. The number of nitrogens with zero attached hydrogens (tertiary/aromatic N) is 3. The minimum Gasteiger partial charge on any atom is -0.299 e. The lowest BCUT2D eigenvalue weighted by molar-refractivity contribution is -0.138. The van der Waals surface area contributed by atoms with Crippen molar-refractivity contribution in [3.8, 4) is 11.8 Å². The molecular formula is C14H21N3O2. The molecule has 0 aromatic carbocycles. The number of imide groups is 1. The summed E-state index contributed by atoms with van der Waals surface area (Å²) in [5.74, 6) is 5.97. The zero-order chi connectivity index (χ0) is 13.7. The third-order valence-electron chi connectivity index (χ3n) is 3.74. The highest BCUT2D eigenvalue weighted by Crippen LogP contribution is 2.11. The molecule has 0 spiro atoms. The van der Waals surface area contributed by atoms with Crippen LogP contribution in [0.3, 0.4) is 0 Å². The molecule has 2 aliphatic rings. The van der Waals surface area contributed by atoms with Crippen molar-refractivity contribution in [1.82, 2.24) is 14.7 Å². The van der Waals surface area contributed by atoms with E-state index in [4.69, 9.17) is 0 Å². The summed E-state index contributed by atoms with van der Waals surface area (Å²) in [6, 6.07) is 0. The van der Waals surface area contributed by atoms with E-state index < -0.39 is 0 Å². The van der Waals surface area contributed by atoms with Crippen LogP contribution in [0, 0.1) is 11.8 Å². The molecular weight excluding hydrogens is 242 g/mol. The van der Waals surface area contributed by atoms with E-state index in [1.54, 1.807) is 0 Å². The van der Waals surface area contributed by atoms with Crippen LogP contribution in [0.5, 0.6) is 0 Å². The standard InChI is InChI=1S/C14H21N3O2/c1-2-3-6-15-7-9-16(10-8-15)11-12-17-13(18)4-5-14(17)19/h4-12H2,1H3. The summed E-state index contributed by atoms with van der Waals surface area (Å²) in [5, 5.41) is 0. The number of likely N-dealkylation sites (tertiary alicyclic amines) is 1. The van der Waals surface area contributed by atoms with Crippen LogP contribution in [0.15, 0.2) is 0 Å². The van der Waals surface area contributed by atoms with Gasteiger partial charge in [-0.15, -0.1) is 5.92 Å². The summed E-state index contributed by atoms with van der Waals surface area (Å²) >= 11 is 0. The van der Waals surface area contributed by atoms with Crippen LogP contribution in [-0.4, -0.2) is 72.3 Å². The van der Waals surface area contributed by atoms with Gasteiger partial charge in [0.05, 0.1) is 6.54 Å². The molecule has 2 saturated heterocycles. The molecule has 0 atom stereocenters. The average Bonchev–Trinajstić information content (AvgIpc) is 2.75. The molecule has 0 aliphatic carbocycles. The molecule has 2 heterocycles. The summed E-state index contributed by atoms with van der Waals surface area (Å²) in [6.07, 6.45) is 0.782. The Morgan fingerprint density at radius 2 is 1.53 bits per heavy atom. The molecule has 104 valence electrons. The molecule has 5 nitrogen and oxygen atoms in total. The van der Waals surface area contributed by atoms with Crippen molar-refractivity contribution in [2.24, 2.45) is 0 Å². The minimum absolute atomic E-state index is 0.0122. The van der Waals surface area contributed by atoms with Crippen LogP contribution in [0.25, 0.3) is 0 Å². The maximum atomic E-state index is 11.5. The number of rotatable bonds is 4. The SMILES string of the molecule is CC#CCN1CCN(CCN2C(=O)CCC2=O)CC1. The van der Waals surface area contributed by atoms with Crippen LogP contribution >= 0.6 is 0 Å². The van der Waals surface area contributed by atoms with E-state index in [0.29, 0.717) is 19.4 Å². The first-order chi connectivity index (χ1) is 9.20. The van der Waals surface area contributed by atoms with Gasteiger partial charge in [0.15, 0.2) is 0 Å². The number of carbonyl (C=O) groups excluding carboxylic acids is 2. The first-order valence-electron chi connectivity index (χ1n) is 6.88. The van der Waals surface area contributed by atoms with E-state index in [9.17, 15) is 9.59 Å². The fourth-order valence-corrected chi connectivity index (χ4v) is 2.48. The fourth-order valence-electron chi connectivity index (χ4n) is 2.48. The topological polar surface area (TPSA) is 43.9 Å². The molecule has 0 N–H and O–H groups in total. The van der Waals surface area contributed by atoms with E-state index >= 15 is 0 Å². The number of amides is 2. The molecule has 0 radical (unpaired) electrons. The molecule has 0 bridgehead atoms. The summed E-state index contributed by atoms with van der Waals surface area (Å²) in [4.78, 5) is 29.0. The third kappa shape index (κ3) is 3.79. The molecule has 0 saturated carbocycles. The highest BCUT2D eigenvalue weighted by molar-refractivity contribution is 6.01. The van der Waals surface area contributed by atoms with Gasteiger partial charge in [0.2, 0.25) is 11.8 Å². The summed E-state index contributed by atoms with van der Waals surface area (Å²) in [5.41, 5.74) is 0. The Balaban J connectivity index is 1.69. The van der Waals surface area contributed by atoms with E-state index in [0.717, 1.165) is 39.3 Å². The van der Waals surface area contributed by atoms with E-state index in [1.807, 2.05) is 6.92 Å². The Kier molecular flexibility index (Phi) is 4.94. The van der Waals surface area contributed by atoms with Crippen molar-refractivity contribution in [2.75, 3.05) is 45.8 Å². The van der Waals surface area contributed by atoms with Gasteiger partial charge in [0, 0.05) is 52.1 Å². The van der Waals surface area contributed by atoms with Gasteiger partial charge in [0.25, 0.3) is 0 Å².